The van der Waals surface area contributed by atoms with Crippen LogP contribution in [0, 0.1) is 0 Å². The summed E-state index contributed by atoms with van der Waals surface area (Å²) in [6.07, 6.45) is 9.88. The van der Waals surface area contributed by atoms with Crippen LogP contribution >= 0.6 is 0 Å². The van der Waals surface area contributed by atoms with Crippen LogP contribution in [0.1, 0.15) is 44.9 Å². The number of rotatable bonds is 4. The molecule has 0 amide bonds. The first-order valence-corrected chi connectivity index (χ1v) is 6.78. The van der Waals surface area contributed by atoms with Crippen LogP contribution in [0.25, 0.3) is 0 Å². The Bertz CT molecular complexity index is 227. The van der Waals surface area contributed by atoms with Crippen LogP contribution in [-0.2, 0) is 0 Å². The third kappa shape index (κ3) is 2.04. The van der Waals surface area contributed by atoms with E-state index < -0.39 is 0 Å². The highest BCUT2D eigenvalue weighted by Gasteiger charge is 2.38. The second-order valence-electron chi connectivity index (χ2n) is 5.89. The molecule has 4 unspecified atom stereocenters. The van der Waals surface area contributed by atoms with Crippen LogP contribution < -0.4 is 0 Å². The van der Waals surface area contributed by atoms with E-state index in [9.17, 15) is 0 Å². The molecule has 3 saturated carbocycles. The molecule has 0 aromatic rings. The third-order valence-corrected chi connectivity index (χ3v) is 4.93. The highest BCUT2D eigenvalue weighted by molar-refractivity contribution is 6.49. The molecule has 15 heavy (non-hydrogen) atoms. The fraction of sp³-hybridized carbons (Fsp3) is 1.00. The molecule has 3 fully saturated rings. The van der Waals surface area contributed by atoms with Gasteiger partial charge in [0.15, 0.2) is 0 Å². The lowest BCUT2D eigenvalue weighted by molar-refractivity contribution is 0.435. The van der Waals surface area contributed by atoms with E-state index in [1.165, 1.54) is 44.9 Å². The predicted octanol–water partition coefficient (Wildman–Crippen LogP) is 3.28. The Morgan fingerprint density at radius 1 is 0.733 bits per heavy atom. The summed E-state index contributed by atoms with van der Waals surface area (Å²) in [6, 6.07) is 0. The second-order valence-corrected chi connectivity index (χ2v) is 5.89. The van der Waals surface area contributed by atoms with Gasteiger partial charge in [-0.2, -0.15) is 0 Å². The first-order valence-electron chi connectivity index (χ1n) is 6.78. The van der Waals surface area contributed by atoms with E-state index in [1.807, 2.05) is 0 Å². The van der Waals surface area contributed by atoms with Crippen molar-refractivity contribution in [1.82, 2.24) is 0 Å². The minimum absolute atomic E-state index is 0.495. The minimum Gasteiger partial charge on any atom is -0.0815 e. The summed E-state index contributed by atoms with van der Waals surface area (Å²) < 4.78 is 0. The van der Waals surface area contributed by atoms with Crippen LogP contribution in [0.15, 0.2) is 0 Å². The summed E-state index contributed by atoms with van der Waals surface area (Å²) in [5.41, 5.74) is 0. The maximum absolute atomic E-state index is 5.99. The van der Waals surface area contributed by atoms with Crippen molar-refractivity contribution in [3.63, 3.8) is 0 Å². The van der Waals surface area contributed by atoms with Crippen LogP contribution in [0.2, 0.25) is 29.1 Å². The SMILES string of the molecule is [B]C1CCC1[B]C1CCC1[B]C1CCC1. The van der Waals surface area contributed by atoms with Crippen molar-refractivity contribution in [1.29, 1.82) is 0 Å². The summed E-state index contributed by atoms with van der Waals surface area (Å²) in [6.45, 7) is 0. The molecule has 3 aliphatic rings. The molecule has 0 saturated heterocycles. The Kier molecular flexibility index (Phi) is 2.91. The van der Waals surface area contributed by atoms with Crippen molar-refractivity contribution in [3.05, 3.63) is 0 Å². The van der Waals surface area contributed by atoms with Crippen molar-refractivity contribution in [2.24, 2.45) is 0 Å². The van der Waals surface area contributed by atoms with Crippen LogP contribution in [0.4, 0.5) is 0 Å². The van der Waals surface area contributed by atoms with Crippen molar-refractivity contribution in [3.8, 4) is 0 Å². The Balaban J connectivity index is 1.41. The van der Waals surface area contributed by atoms with E-state index in [2.05, 4.69) is 14.6 Å². The van der Waals surface area contributed by atoms with Gasteiger partial charge >= 0.3 is 0 Å². The van der Waals surface area contributed by atoms with E-state index >= 15 is 0 Å². The minimum atomic E-state index is 0.495. The fourth-order valence-corrected chi connectivity index (χ4v) is 3.12. The topological polar surface area (TPSA) is 0 Å². The zero-order chi connectivity index (χ0) is 10.3. The molecule has 0 aromatic carbocycles. The molecule has 3 heteroatoms. The maximum Gasteiger partial charge on any atom is 0.117 e. The van der Waals surface area contributed by atoms with Crippen LogP contribution in [0.5, 0.6) is 0 Å². The largest absolute Gasteiger partial charge is 0.117 e. The summed E-state index contributed by atoms with van der Waals surface area (Å²) in [5, 5.41) is 0. The monoisotopic (exact) mass is 196 g/mol. The molecular weight excluding hydrogens is 177 g/mol. The number of hydrogen-bond donors (Lipinski definition) is 0. The van der Waals surface area contributed by atoms with E-state index in [0.29, 0.717) is 5.82 Å². The van der Waals surface area contributed by atoms with Gasteiger partial charge in [-0.05, 0) is 0 Å². The zero-order valence-electron chi connectivity index (χ0n) is 9.57. The van der Waals surface area contributed by atoms with Gasteiger partial charge in [-0.3, -0.25) is 0 Å². The molecule has 0 aliphatic heterocycles. The molecule has 3 aliphatic carbocycles. The average molecular weight is 196 g/mol. The third-order valence-electron chi connectivity index (χ3n) is 4.93. The van der Waals surface area contributed by atoms with Gasteiger partial charge in [0.25, 0.3) is 0 Å². The van der Waals surface area contributed by atoms with Crippen LogP contribution in [0.3, 0.4) is 0 Å². The Hall–Kier alpha value is 0.195. The first kappa shape index (κ1) is 10.4. The Morgan fingerprint density at radius 3 is 1.80 bits per heavy atom. The lowest BCUT2D eigenvalue weighted by Crippen LogP contribution is -2.33. The quantitative estimate of drug-likeness (QED) is 0.604. The molecule has 76 valence electrons. The normalized spacial score (nSPS) is 44.8. The summed E-state index contributed by atoms with van der Waals surface area (Å²) in [4.78, 5) is 0. The smallest absolute Gasteiger partial charge is 0.0815 e. The highest BCUT2D eigenvalue weighted by atomic mass is 14.3. The fourth-order valence-electron chi connectivity index (χ4n) is 3.12. The van der Waals surface area contributed by atoms with Gasteiger partial charge in [0, 0.05) is 0 Å². The first-order chi connectivity index (χ1) is 7.33. The van der Waals surface area contributed by atoms with E-state index in [4.69, 9.17) is 7.85 Å². The van der Waals surface area contributed by atoms with Gasteiger partial charge < -0.3 is 0 Å². The molecule has 0 bridgehead atoms. The van der Waals surface area contributed by atoms with Crippen molar-refractivity contribution in [2.45, 2.75) is 74.0 Å². The second kappa shape index (κ2) is 4.22. The van der Waals surface area contributed by atoms with Crippen molar-refractivity contribution in [2.75, 3.05) is 0 Å². The Morgan fingerprint density at radius 2 is 1.40 bits per heavy atom. The summed E-state index contributed by atoms with van der Waals surface area (Å²) >= 11 is 0. The average Bonchev–Trinajstić information content (AvgIpc) is 2.12. The summed E-state index contributed by atoms with van der Waals surface area (Å²) in [5.74, 6) is 4.04. The van der Waals surface area contributed by atoms with Crippen LogP contribution in [-0.4, -0.2) is 22.4 Å². The van der Waals surface area contributed by atoms with Gasteiger partial charge in [-0.1, -0.05) is 74.0 Å². The maximum atomic E-state index is 5.99. The highest BCUT2D eigenvalue weighted by Crippen LogP contribution is 2.53. The lowest BCUT2D eigenvalue weighted by atomic mass is 9.30. The molecule has 0 N–H and O–H groups in total. The van der Waals surface area contributed by atoms with E-state index in [1.54, 1.807) is 0 Å². The van der Waals surface area contributed by atoms with E-state index in [-0.39, 0.29) is 0 Å². The molecule has 3 rings (SSSR count). The van der Waals surface area contributed by atoms with Crippen molar-refractivity contribution < 1.29 is 0 Å². The zero-order valence-corrected chi connectivity index (χ0v) is 9.57. The van der Waals surface area contributed by atoms with Gasteiger partial charge in [-0.25, -0.2) is 0 Å². The molecule has 0 heterocycles. The van der Waals surface area contributed by atoms with Gasteiger partial charge in [0.05, 0.1) is 7.85 Å². The van der Waals surface area contributed by atoms with Gasteiger partial charge in [-0.15, -0.1) is 0 Å². The number of hydrogen-bond acceptors (Lipinski definition) is 0. The molecule has 4 radical (unpaired) electrons. The standard InChI is InChI=1S/C12H19B3/c13-9-4-5-10(9)15-12-7-6-11(12)14-8-2-1-3-8/h8-12H,1-7H2. The Labute approximate surface area is 96.9 Å². The molecule has 4 atom stereocenters. The molecule has 0 nitrogen and oxygen atoms in total. The lowest BCUT2D eigenvalue weighted by Gasteiger charge is -2.45. The molecule has 0 spiro atoms. The van der Waals surface area contributed by atoms with Crippen molar-refractivity contribution >= 4 is 22.4 Å². The predicted molar refractivity (Wildman–Crippen MR) is 68.3 cm³/mol. The van der Waals surface area contributed by atoms with Gasteiger partial charge in [0.2, 0.25) is 0 Å². The molecular formula is C12H19B3. The molecule has 0 aromatic heterocycles. The van der Waals surface area contributed by atoms with E-state index in [0.717, 1.165) is 23.3 Å². The summed E-state index contributed by atoms with van der Waals surface area (Å²) in [7, 11) is 11.3. The van der Waals surface area contributed by atoms with Gasteiger partial charge in [0.1, 0.15) is 14.6 Å².